The van der Waals surface area contributed by atoms with E-state index in [-0.39, 0.29) is 5.82 Å². The fourth-order valence-corrected chi connectivity index (χ4v) is 1.82. The van der Waals surface area contributed by atoms with Crippen LogP contribution in [-0.2, 0) is 0 Å². The molecule has 0 aliphatic carbocycles. The minimum atomic E-state index is -0.231. The second kappa shape index (κ2) is 3.75. The average molecular weight is 209 g/mol. The van der Waals surface area contributed by atoms with Gasteiger partial charge in [-0.1, -0.05) is 12.1 Å². The van der Waals surface area contributed by atoms with Crippen LogP contribution >= 0.6 is 11.5 Å². The van der Waals surface area contributed by atoms with Crippen LogP contribution in [0, 0.1) is 5.82 Å². The fourth-order valence-electron chi connectivity index (χ4n) is 1.11. The zero-order valence-electron chi connectivity index (χ0n) is 7.53. The van der Waals surface area contributed by atoms with E-state index in [0.29, 0.717) is 5.88 Å². The van der Waals surface area contributed by atoms with Crippen molar-refractivity contribution in [3.8, 4) is 16.3 Å². The van der Waals surface area contributed by atoms with E-state index in [0.717, 1.165) is 10.4 Å². The minimum Gasteiger partial charge on any atom is -0.480 e. The monoisotopic (exact) mass is 209 g/mol. The second-order valence-electron chi connectivity index (χ2n) is 2.74. The molecule has 0 saturated heterocycles. The lowest BCUT2D eigenvalue weighted by atomic mass is 10.2. The van der Waals surface area contributed by atoms with Crippen molar-refractivity contribution >= 4 is 11.5 Å². The third-order valence-corrected chi connectivity index (χ3v) is 2.65. The molecule has 2 aromatic rings. The van der Waals surface area contributed by atoms with Crippen molar-refractivity contribution in [1.29, 1.82) is 0 Å². The quantitative estimate of drug-likeness (QED) is 0.758. The number of hydrogen-bond acceptors (Lipinski definition) is 3. The van der Waals surface area contributed by atoms with E-state index >= 15 is 0 Å². The van der Waals surface area contributed by atoms with Gasteiger partial charge in [-0.05, 0) is 29.2 Å². The summed E-state index contributed by atoms with van der Waals surface area (Å²) in [5, 5.41) is 0. The Hall–Kier alpha value is -1.42. The average Bonchev–Trinajstić information content (AvgIpc) is 2.67. The molecule has 0 fully saturated rings. The van der Waals surface area contributed by atoms with Crippen molar-refractivity contribution in [3.05, 3.63) is 36.1 Å². The van der Waals surface area contributed by atoms with Crippen LogP contribution < -0.4 is 4.74 Å². The number of nitrogens with zero attached hydrogens (tertiary/aromatic N) is 1. The fraction of sp³-hybridized carbons (Fsp3) is 0.100. The van der Waals surface area contributed by atoms with Gasteiger partial charge in [0, 0.05) is 6.07 Å². The lowest BCUT2D eigenvalue weighted by Crippen LogP contribution is -1.79. The molecule has 2 rings (SSSR count). The third-order valence-electron chi connectivity index (χ3n) is 1.83. The van der Waals surface area contributed by atoms with E-state index < -0.39 is 0 Å². The predicted octanol–water partition coefficient (Wildman–Crippen LogP) is 2.96. The van der Waals surface area contributed by atoms with Gasteiger partial charge in [0.2, 0.25) is 5.88 Å². The van der Waals surface area contributed by atoms with Crippen molar-refractivity contribution in [2.75, 3.05) is 7.11 Å². The lowest BCUT2D eigenvalue weighted by molar-refractivity contribution is 0.403. The molecule has 1 aromatic heterocycles. The van der Waals surface area contributed by atoms with Crippen LogP contribution in [0.3, 0.4) is 0 Å². The van der Waals surface area contributed by atoms with Gasteiger partial charge in [0.05, 0.1) is 12.0 Å². The molecule has 0 aliphatic rings. The summed E-state index contributed by atoms with van der Waals surface area (Å²) in [5.74, 6) is 0.361. The number of halogens is 1. The Morgan fingerprint density at radius 1 is 1.29 bits per heavy atom. The van der Waals surface area contributed by atoms with Crippen molar-refractivity contribution < 1.29 is 9.13 Å². The Bertz CT molecular complexity index is 424. The maximum atomic E-state index is 12.6. The summed E-state index contributed by atoms with van der Waals surface area (Å²) in [6.07, 6.45) is 0. The maximum absolute atomic E-state index is 12.6. The van der Waals surface area contributed by atoms with Crippen LogP contribution in [0.15, 0.2) is 30.3 Å². The summed E-state index contributed by atoms with van der Waals surface area (Å²) in [4.78, 5) is 0.974. The molecule has 72 valence electrons. The topological polar surface area (TPSA) is 22.1 Å². The summed E-state index contributed by atoms with van der Waals surface area (Å²) >= 11 is 1.34. The van der Waals surface area contributed by atoms with Gasteiger partial charge < -0.3 is 4.74 Å². The summed E-state index contributed by atoms with van der Waals surface area (Å²) in [5.41, 5.74) is 0.951. The highest BCUT2D eigenvalue weighted by molar-refractivity contribution is 7.09. The molecule has 0 spiro atoms. The van der Waals surface area contributed by atoms with Crippen LogP contribution in [0.1, 0.15) is 0 Å². The molecule has 0 bridgehead atoms. The number of aromatic nitrogens is 1. The van der Waals surface area contributed by atoms with E-state index in [1.165, 1.54) is 23.7 Å². The number of hydrogen-bond donors (Lipinski definition) is 0. The Labute approximate surface area is 85.1 Å². The van der Waals surface area contributed by atoms with Gasteiger partial charge in [0.1, 0.15) is 5.82 Å². The van der Waals surface area contributed by atoms with Gasteiger partial charge in [0.25, 0.3) is 0 Å². The molecule has 1 heterocycles. The Balaban J connectivity index is 2.34. The van der Waals surface area contributed by atoms with E-state index in [2.05, 4.69) is 4.37 Å². The van der Waals surface area contributed by atoms with Crippen LogP contribution in [0.2, 0.25) is 0 Å². The van der Waals surface area contributed by atoms with E-state index in [1.54, 1.807) is 19.2 Å². The summed E-state index contributed by atoms with van der Waals surface area (Å²) in [6, 6.07) is 8.14. The van der Waals surface area contributed by atoms with Crippen molar-refractivity contribution in [3.63, 3.8) is 0 Å². The largest absolute Gasteiger partial charge is 0.480 e. The highest BCUT2D eigenvalue weighted by atomic mass is 32.1. The van der Waals surface area contributed by atoms with Gasteiger partial charge >= 0.3 is 0 Å². The molecule has 2 nitrogen and oxygen atoms in total. The summed E-state index contributed by atoms with van der Waals surface area (Å²) in [6.45, 7) is 0. The van der Waals surface area contributed by atoms with Crippen LogP contribution in [0.25, 0.3) is 10.4 Å². The van der Waals surface area contributed by atoms with Gasteiger partial charge in [-0.25, -0.2) is 4.39 Å². The highest BCUT2D eigenvalue weighted by Crippen LogP contribution is 2.27. The van der Waals surface area contributed by atoms with Gasteiger partial charge in [-0.2, -0.15) is 4.37 Å². The molecular formula is C10H8FNOS. The van der Waals surface area contributed by atoms with Crippen molar-refractivity contribution in [2.45, 2.75) is 0 Å². The van der Waals surface area contributed by atoms with Crippen molar-refractivity contribution in [1.82, 2.24) is 4.37 Å². The number of ether oxygens (including phenoxy) is 1. The smallest absolute Gasteiger partial charge is 0.225 e. The van der Waals surface area contributed by atoms with E-state index in [1.807, 2.05) is 6.07 Å². The Kier molecular flexibility index (Phi) is 2.45. The Morgan fingerprint density at radius 3 is 2.57 bits per heavy atom. The van der Waals surface area contributed by atoms with Crippen molar-refractivity contribution in [2.24, 2.45) is 0 Å². The standard InChI is InChI=1S/C10H8FNOS/c1-13-10-6-9(14-12-10)7-2-4-8(11)5-3-7/h2-6H,1H3. The molecule has 14 heavy (non-hydrogen) atoms. The van der Waals surface area contributed by atoms with Crippen LogP contribution in [0.4, 0.5) is 4.39 Å². The molecule has 4 heteroatoms. The second-order valence-corrected chi connectivity index (χ2v) is 3.55. The first-order valence-electron chi connectivity index (χ1n) is 4.06. The molecule has 0 unspecified atom stereocenters. The molecule has 0 aliphatic heterocycles. The van der Waals surface area contributed by atoms with E-state index in [4.69, 9.17) is 4.74 Å². The third kappa shape index (κ3) is 1.75. The molecule has 0 saturated carbocycles. The lowest BCUT2D eigenvalue weighted by Gasteiger charge is -1.94. The van der Waals surface area contributed by atoms with E-state index in [9.17, 15) is 4.39 Å². The number of methoxy groups -OCH3 is 1. The summed E-state index contributed by atoms with van der Waals surface area (Å²) in [7, 11) is 1.57. The van der Waals surface area contributed by atoms with Gasteiger partial charge in [-0.3, -0.25) is 0 Å². The van der Waals surface area contributed by atoms with Gasteiger partial charge in [-0.15, -0.1) is 0 Å². The first-order chi connectivity index (χ1) is 6.79. The maximum Gasteiger partial charge on any atom is 0.225 e. The first kappa shape index (κ1) is 9.15. The molecule has 0 amide bonds. The molecular weight excluding hydrogens is 201 g/mol. The summed E-state index contributed by atoms with van der Waals surface area (Å²) < 4.78 is 21.7. The zero-order chi connectivity index (χ0) is 9.97. The normalized spacial score (nSPS) is 10.1. The number of benzene rings is 1. The minimum absolute atomic E-state index is 0.231. The van der Waals surface area contributed by atoms with Crippen LogP contribution in [-0.4, -0.2) is 11.5 Å². The van der Waals surface area contributed by atoms with Gasteiger partial charge in [0.15, 0.2) is 0 Å². The Morgan fingerprint density at radius 2 is 2.00 bits per heavy atom. The SMILES string of the molecule is COc1cc(-c2ccc(F)cc2)sn1. The zero-order valence-corrected chi connectivity index (χ0v) is 8.34. The molecule has 0 radical (unpaired) electrons. The highest BCUT2D eigenvalue weighted by Gasteiger charge is 2.03. The molecule has 1 aromatic carbocycles. The molecule has 0 N–H and O–H groups in total. The van der Waals surface area contributed by atoms with Crippen LogP contribution in [0.5, 0.6) is 5.88 Å². The number of rotatable bonds is 2. The molecule has 0 atom stereocenters. The predicted molar refractivity (Wildman–Crippen MR) is 54.1 cm³/mol. The first-order valence-corrected chi connectivity index (χ1v) is 4.83.